The first-order chi connectivity index (χ1) is 8.16. The predicted octanol–water partition coefficient (Wildman–Crippen LogP) is 1.81. The van der Waals surface area contributed by atoms with Crippen LogP contribution >= 0.6 is 0 Å². The van der Waals surface area contributed by atoms with E-state index in [2.05, 4.69) is 20.4 Å². The molecule has 0 spiro atoms. The monoisotopic (exact) mass is 238 g/mol. The lowest BCUT2D eigenvalue weighted by Crippen LogP contribution is -3.14. The van der Waals surface area contributed by atoms with E-state index in [1.165, 1.54) is 57.3 Å². The predicted molar refractivity (Wildman–Crippen MR) is 71.3 cm³/mol. The summed E-state index contributed by atoms with van der Waals surface area (Å²) in [6, 6.07) is 0. The molecular formula is C15H28NO+. The van der Waals surface area contributed by atoms with E-state index in [0.29, 0.717) is 18.1 Å². The van der Waals surface area contributed by atoms with Gasteiger partial charge in [-0.05, 0) is 46.0 Å². The van der Waals surface area contributed by atoms with Gasteiger partial charge in [0.05, 0.1) is 19.2 Å². The van der Waals surface area contributed by atoms with Crippen LogP contribution in [0.5, 0.6) is 0 Å². The highest BCUT2D eigenvalue weighted by molar-refractivity contribution is 5.01. The number of nitrogens with one attached hydrogen (secondary N) is 1. The molecule has 0 unspecified atom stereocenters. The maximum absolute atomic E-state index is 6.18. The van der Waals surface area contributed by atoms with Crippen LogP contribution < -0.4 is 4.90 Å². The summed E-state index contributed by atoms with van der Waals surface area (Å²) in [5.41, 5.74) is 1.32. The van der Waals surface area contributed by atoms with Crippen LogP contribution in [0.4, 0.5) is 0 Å². The lowest BCUT2D eigenvalue weighted by atomic mass is 9.86. The van der Waals surface area contributed by atoms with Crippen LogP contribution in [0.15, 0.2) is 12.2 Å². The first kappa shape index (κ1) is 13.1. The molecule has 2 heteroatoms. The third-order valence-electron chi connectivity index (χ3n) is 4.42. The molecular weight excluding hydrogens is 210 g/mol. The van der Waals surface area contributed by atoms with E-state index in [-0.39, 0.29) is 0 Å². The molecule has 2 saturated heterocycles. The summed E-state index contributed by atoms with van der Waals surface area (Å²) in [6.45, 7) is 12.4. The van der Waals surface area contributed by atoms with Crippen LogP contribution in [0.3, 0.4) is 0 Å². The van der Waals surface area contributed by atoms with Gasteiger partial charge in [-0.1, -0.05) is 12.2 Å². The van der Waals surface area contributed by atoms with Crippen molar-refractivity contribution in [2.75, 3.05) is 19.6 Å². The molecule has 0 saturated carbocycles. The Bertz CT molecular complexity index is 258. The summed E-state index contributed by atoms with van der Waals surface area (Å²) in [5, 5.41) is 0. The number of piperidine rings is 1. The van der Waals surface area contributed by atoms with E-state index < -0.39 is 0 Å². The number of likely N-dealkylation sites (tertiary alicyclic amines) is 1. The van der Waals surface area contributed by atoms with Gasteiger partial charge in [-0.15, -0.1) is 0 Å². The SMILES string of the molecule is C=C(C)[C@H]1CC[C@@H](C)O[C@@H]1C[NH+]1CCCCC1. The number of ether oxygens (including phenoxy) is 1. The average Bonchev–Trinajstić information content (AvgIpc) is 2.30. The lowest BCUT2D eigenvalue weighted by molar-refractivity contribution is -0.908. The van der Waals surface area contributed by atoms with E-state index in [1.54, 1.807) is 4.90 Å². The van der Waals surface area contributed by atoms with E-state index in [4.69, 9.17) is 4.74 Å². The highest BCUT2D eigenvalue weighted by Gasteiger charge is 2.33. The second-order valence-corrected chi connectivity index (χ2v) is 6.03. The lowest BCUT2D eigenvalue weighted by Gasteiger charge is -2.37. The molecule has 2 aliphatic rings. The summed E-state index contributed by atoms with van der Waals surface area (Å²) in [7, 11) is 0. The molecule has 3 atom stereocenters. The standard InChI is InChI=1S/C15H27NO/c1-12(2)14-8-7-13(3)17-15(14)11-16-9-5-4-6-10-16/h13-15H,1,4-11H2,2-3H3/p+1/t13-,14-,15-/m1/s1. The van der Waals surface area contributed by atoms with Gasteiger partial charge in [-0.2, -0.15) is 0 Å². The zero-order valence-electron chi connectivity index (χ0n) is 11.5. The Morgan fingerprint density at radius 2 is 1.94 bits per heavy atom. The molecule has 0 bridgehead atoms. The van der Waals surface area contributed by atoms with Gasteiger partial charge in [0.2, 0.25) is 0 Å². The van der Waals surface area contributed by atoms with Gasteiger partial charge in [0.15, 0.2) is 0 Å². The highest BCUT2D eigenvalue weighted by Crippen LogP contribution is 2.29. The maximum Gasteiger partial charge on any atom is 0.113 e. The molecule has 98 valence electrons. The van der Waals surface area contributed by atoms with Gasteiger partial charge in [-0.25, -0.2) is 0 Å². The van der Waals surface area contributed by atoms with Crippen LogP contribution in [0.2, 0.25) is 0 Å². The molecule has 1 N–H and O–H groups in total. The fourth-order valence-electron chi connectivity index (χ4n) is 3.36. The van der Waals surface area contributed by atoms with E-state index in [9.17, 15) is 0 Å². The molecule has 2 rings (SSSR count). The Kier molecular flexibility index (Phi) is 4.63. The van der Waals surface area contributed by atoms with Crippen molar-refractivity contribution in [2.24, 2.45) is 5.92 Å². The van der Waals surface area contributed by atoms with Gasteiger partial charge in [0.1, 0.15) is 12.6 Å². The van der Waals surface area contributed by atoms with Crippen molar-refractivity contribution in [1.29, 1.82) is 0 Å². The first-order valence-electron chi connectivity index (χ1n) is 7.31. The molecule has 0 aromatic carbocycles. The molecule has 0 aromatic heterocycles. The summed E-state index contributed by atoms with van der Waals surface area (Å²) >= 11 is 0. The van der Waals surface area contributed by atoms with Crippen molar-refractivity contribution in [3.05, 3.63) is 12.2 Å². The van der Waals surface area contributed by atoms with Gasteiger partial charge in [0.25, 0.3) is 0 Å². The summed E-state index contributed by atoms with van der Waals surface area (Å²) < 4.78 is 6.18. The summed E-state index contributed by atoms with van der Waals surface area (Å²) in [5.74, 6) is 0.598. The van der Waals surface area contributed by atoms with Crippen molar-refractivity contribution in [2.45, 2.75) is 58.2 Å². The third-order valence-corrected chi connectivity index (χ3v) is 4.42. The molecule has 0 radical (unpaired) electrons. The largest absolute Gasteiger partial charge is 0.369 e. The molecule has 2 aliphatic heterocycles. The molecule has 2 fully saturated rings. The minimum atomic E-state index is 0.421. The number of hydrogen-bond donors (Lipinski definition) is 1. The topological polar surface area (TPSA) is 13.7 Å². The molecule has 17 heavy (non-hydrogen) atoms. The molecule has 2 nitrogen and oxygen atoms in total. The van der Waals surface area contributed by atoms with E-state index >= 15 is 0 Å². The summed E-state index contributed by atoms with van der Waals surface area (Å²) in [6.07, 6.45) is 7.56. The first-order valence-corrected chi connectivity index (χ1v) is 7.31. The van der Waals surface area contributed by atoms with Crippen LogP contribution in [0.25, 0.3) is 0 Å². The number of rotatable bonds is 3. The molecule has 0 aromatic rings. The van der Waals surface area contributed by atoms with Gasteiger partial charge in [-0.3, -0.25) is 0 Å². The number of quaternary nitrogens is 1. The van der Waals surface area contributed by atoms with E-state index in [1.807, 2.05) is 0 Å². The van der Waals surface area contributed by atoms with Crippen molar-refractivity contribution in [3.63, 3.8) is 0 Å². The zero-order chi connectivity index (χ0) is 12.3. The molecule has 2 heterocycles. The van der Waals surface area contributed by atoms with Crippen LogP contribution in [-0.4, -0.2) is 31.8 Å². The normalized spacial score (nSPS) is 35.8. The fraction of sp³-hybridized carbons (Fsp3) is 0.867. The number of hydrogen-bond acceptors (Lipinski definition) is 1. The minimum Gasteiger partial charge on any atom is -0.369 e. The Morgan fingerprint density at radius 1 is 1.24 bits per heavy atom. The zero-order valence-corrected chi connectivity index (χ0v) is 11.5. The van der Waals surface area contributed by atoms with Crippen LogP contribution in [0, 0.1) is 5.92 Å². The van der Waals surface area contributed by atoms with Crippen molar-refractivity contribution < 1.29 is 9.64 Å². The van der Waals surface area contributed by atoms with Gasteiger partial charge >= 0.3 is 0 Å². The average molecular weight is 238 g/mol. The Balaban J connectivity index is 1.92. The van der Waals surface area contributed by atoms with Crippen LogP contribution in [-0.2, 0) is 4.74 Å². The Hall–Kier alpha value is -0.340. The second kappa shape index (κ2) is 6.01. The highest BCUT2D eigenvalue weighted by atomic mass is 16.5. The van der Waals surface area contributed by atoms with Crippen molar-refractivity contribution in [1.82, 2.24) is 0 Å². The van der Waals surface area contributed by atoms with Gasteiger partial charge in [0, 0.05) is 5.92 Å². The maximum atomic E-state index is 6.18. The van der Waals surface area contributed by atoms with Crippen LogP contribution in [0.1, 0.15) is 46.0 Å². The fourth-order valence-corrected chi connectivity index (χ4v) is 3.36. The van der Waals surface area contributed by atoms with Crippen molar-refractivity contribution >= 4 is 0 Å². The molecule has 0 aliphatic carbocycles. The van der Waals surface area contributed by atoms with E-state index in [0.717, 1.165) is 0 Å². The third kappa shape index (κ3) is 3.56. The smallest absolute Gasteiger partial charge is 0.113 e. The quantitative estimate of drug-likeness (QED) is 0.741. The van der Waals surface area contributed by atoms with Gasteiger partial charge < -0.3 is 9.64 Å². The molecule has 0 amide bonds. The minimum absolute atomic E-state index is 0.421. The second-order valence-electron chi connectivity index (χ2n) is 6.03. The Morgan fingerprint density at radius 3 is 2.59 bits per heavy atom. The Labute approximate surface area is 106 Å². The van der Waals surface area contributed by atoms with Crippen molar-refractivity contribution in [3.8, 4) is 0 Å². The summed E-state index contributed by atoms with van der Waals surface area (Å²) in [4.78, 5) is 1.75.